The van der Waals surface area contributed by atoms with E-state index in [2.05, 4.69) is 44.6 Å². The topological polar surface area (TPSA) is 103 Å². The van der Waals surface area contributed by atoms with Gasteiger partial charge >= 0.3 is 0 Å². The number of fused-ring (bicyclic) bond motifs is 1. The van der Waals surface area contributed by atoms with Crippen LogP contribution in [0.1, 0.15) is 32.0 Å². The van der Waals surface area contributed by atoms with E-state index < -0.39 is 22.0 Å². The first kappa shape index (κ1) is 36.5. The van der Waals surface area contributed by atoms with Crippen LogP contribution in [0.2, 0.25) is 51.4 Å². The Bertz CT molecular complexity index is 1690. The summed E-state index contributed by atoms with van der Waals surface area (Å²) >= 11 is 0. The number of nitrogens with one attached hydrogen (secondary N) is 1. The summed E-state index contributed by atoms with van der Waals surface area (Å²) in [5, 5.41) is 18.9. The van der Waals surface area contributed by atoms with Crippen LogP contribution < -0.4 is 5.32 Å². The molecule has 0 fully saturated rings. The maximum Gasteiger partial charge on any atom is 0.222 e. The third-order valence-corrected chi connectivity index (χ3v) is 11.5. The van der Waals surface area contributed by atoms with Gasteiger partial charge in [-0.05, 0) is 59.5 Å². The highest BCUT2D eigenvalue weighted by molar-refractivity contribution is 6.76. The first-order valence-corrected chi connectivity index (χ1v) is 24.0. The van der Waals surface area contributed by atoms with Gasteiger partial charge in [0.2, 0.25) is 5.91 Å². The van der Waals surface area contributed by atoms with Gasteiger partial charge in [0.25, 0.3) is 0 Å². The van der Waals surface area contributed by atoms with Crippen molar-refractivity contribution in [1.82, 2.24) is 24.6 Å². The van der Waals surface area contributed by atoms with Crippen LogP contribution >= 0.6 is 0 Å². The molecule has 0 radical (unpaired) electrons. The number of ether oxygens (including phenoxy) is 2. The van der Waals surface area contributed by atoms with Crippen molar-refractivity contribution in [2.75, 3.05) is 13.2 Å². The van der Waals surface area contributed by atoms with Crippen molar-refractivity contribution in [3.05, 3.63) is 53.6 Å². The Morgan fingerprint density at radius 2 is 1.66 bits per heavy atom. The van der Waals surface area contributed by atoms with Crippen LogP contribution in [0.5, 0.6) is 5.75 Å². The van der Waals surface area contributed by atoms with Gasteiger partial charge in [-0.2, -0.15) is 5.10 Å². The zero-order valence-corrected chi connectivity index (χ0v) is 31.5. The predicted molar refractivity (Wildman–Crippen MR) is 192 cm³/mol. The minimum atomic E-state index is -1.29. The average molecular weight is 682 g/mol. The van der Waals surface area contributed by atoms with E-state index in [1.165, 1.54) is 12.1 Å². The Labute approximate surface area is 280 Å². The summed E-state index contributed by atoms with van der Waals surface area (Å²) < 4.78 is 30.7. The number of aryl methyl sites for hydroxylation is 1. The first-order chi connectivity index (χ1) is 22.1. The van der Waals surface area contributed by atoms with Crippen LogP contribution in [-0.4, -0.2) is 59.7 Å². The summed E-state index contributed by atoms with van der Waals surface area (Å²) in [5.41, 5.74) is 4.59. The highest BCUT2D eigenvalue weighted by Gasteiger charge is 2.22. The molecule has 0 atom stereocenters. The van der Waals surface area contributed by atoms with Crippen LogP contribution in [0.15, 0.2) is 36.5 Å². The van der Waals surface area contributed by atoms with Crippen molar-refractivity contribution in [1.29, 1.82) is 0 Å². The molecule has 2 N–H and O–H groups in total. The largest absolute Gasteiger partial charge is 0.505 e. The standard InChI is InChI=1S/C35H52FN5O4Si2/c1-10-25-18-32(42)30(36)19-29(25)26-11-12-28-31(17-26)41(23-45-14-16-47(7,8)9)39-33(28)34-38-27(20-37-35(43)24(2)3)21-40(34)22-44-13-15-46(4,5)6/h11-12,17-19,21,24,42H,10,13-16,20,22-23H2,1-9H3,(H,37,43). The number of phenolic OH excluding ortho intramolecular Hbond substituents is 1. The molecule has 0 saturated carbocycles. The minimum Gasteiger partial charge on any atom is -0.505 e. The van der Waals surface area contributed by atoms with E-state index >= 15 is 0 Å². The lowest BCUT2D eigenvalue weighted by molar-refractivity contribution is -0.124. The third kappa shape index (κ3) is 9.85. The number of nitrogens with zero attached hydrogens (tertiary/aromatic N) is 4. The molecule has 256 valence electrons. The molecule has 0 aliphatic rings. The van der Waals surface area contributed by atoms with Gasteiger partial charge in [-0.1, -0.05) is 66.1 Å². The first-order valence-electron chi connectivity index (χ1n) is 16.6. The number of carbonyl (C=O) groups excluding carboxylic acids is 1. The fraction of sp³-hybridized carbons (Fsp3) is 0.514. The summed E-state index contributed by atoms with van der Waals surface area (Å²) in [6, 6.07) is 10.9. The summed E-state index contributed by atoms with van der Waals surface area (Å²) in [6.45, 7) is 21.8. The molecular formula is C35H52FN5O4Si2. The van der Waals surface area contributed by atoms with Crippen molar-refractivity contribution in [3.8, 4) is 28.4 Å². The zero-order chi connectivity index (χ0) is 34.5. The number of amides is 1. The number of aromatic hydroxyl groups is 1. The Hall–Kier alpha value is -3.33. The molecule has 2 heterocycles. The third-order valence-electron chi connectivity index (χ3n) is 8.06. The maximum absolute atomic E-state index is 14.6. The molecule has 47 heavy (non-hydrogen) atoms. The second-order valence-electron chi connectivity index (χ2n) is 15.0. The fourth-order valence-corrected chi connectivity index (χ4v) is 6.58. The number of rotatable bonds is 16. The van der Waals surface area contributed by atoms with Crippen LogP contribution in [0.4, 0.5) is 4.39 Å². The van der Waals surface area contributed by atoms with Crippen molar-refractivity contribution >= 4 is 33.0 Å². The van der Waals surface area contributed by atoms with E-state index in [1.54, 1.807) is 0 Å². The van der Waals surface area contributed by atoms with E-state index in [0.29, 0.717) is 50.1 Å². The predicted octanol–water partition coefficient (Wildman–Crippen LogP) is 7.87. The number of carbonyl (C=O) groups is 1. The lowest BCUT2D eigenvalue weighted by Gasteiger charge is -2.16. The fourth-order valence-electron chi connectivity index (χ4n) is 5.07. The van der Waals surface area contributed by atoms with Gasteiger partial charge in [0.15, 0.2) is 17.4 Å². The normalized spacial score (nSPS) is 12.4. The molecule has 0 bridgehead atoms. The highest BCUT2D eigenvalue weighted by atomic mass is 28.3. The molecular weight excluding hydrogens is 630 g/mol. The lowest BCUT2D eigenvalue weighted by Crippen LogP contribution is -2.27. The average Bonchev–Trinajstić information content (AvgIpc) is 3.56. The molecule has 4 rings (SSSR count). The van der Waals surface area contributed by atoms with Crippen LogP contribution in [0.25, 0.3) is 33.5 Å². The molecule has 2 aromatic heterocycles. The number of phenols is 1. The Balaban J connectivity index is 1.78. The van der Waals surface area contributed by atoms with E-state index in [4.69, 9.17) is 19.6 Å². The van der Waals surface area contributed by atoms with Crippen LogP contribution in [-0.2, 0) is 40.7 Å². The van der Waals surface area contributed by atoms with E-state index in [0.717, 1.165) is 39.7 Å². The highest BCUT2D eigenvalue weighted by Crippen LogP contribution is 2.35. The Kier molecular flexibility index (Phi) is 11.9. The van der Waals surface area contributed by atoms with E-state index in [1.807, 2.05) is 54.4 Å². The number of imidazole rings is 1. The van der Waals surface area contributed by atoms with Gasteiger partial charge in [-0.3, -0.25) is 4.79 Å². The number of halogens is 1. The van der Waals surface area contributed by atoms with Gasteiger partial charge in [-0.25, -0.2) is 14.1 Å². The SMILES string of the molecule is CCc1cc(O)c(F)cc1-c1ccc2c(-c3nc(CNC(=O)C(C)C)cn3COCC[Si](C)(C)C)nn(COCC[Si](C)(C)C)c2c1. The summed E-state index contributed by atoms with van der Waals surface area (Å²) in [7, 11) is -2.57. The summed E-state index contributed by atoms with van der Waals surface area (Å²) in [5.74, 6) is -0.548. The van der Waals surface area contributed by atoms with Crippen molar-refractivity contribution < 1.29 is 23.8 Å². The quantitative estimate of drug-likeness (QED) is 0.0922. The number of hydrogen-bond donors (Lipinski definition) is 2. The van der Waals surface area contributed by atoms with Gasteiger partial charge < -0.3 is 24.5 Å². The van der Waals surface area contributed by atoms with Gasteiger partial charge in [0.1, 0.15) is 19.2 Å². The van der Waals surface area contributed by atoms with Crippen molar-refractivity contribution in [2.45, 2.75) is 98.6 Å². The molecule has 0 unspecified atom stereocenters. The zero-order valence-electron chi connectivity index (χ0n) is 29.5. The Morgan fingerprint density at radius 1 is 1.00 bits per heavy atom. The van der Waals surface area contributed by atoms with Gasteiger partial charge in [0, 0.05) is 46.9 Å². The molecule has 0 aliphatic carbocycles. The molecule has 9 nitrogen and oxygen atoms in total. The second kappa shape index (κ2) is 15.3. The second-order valence-corrected chi connectivity index (χ2v) is 26.2. The summed E-state index contributed by atoms with van der Waals surface area (Å²) in [4.78, 5) is 17.3. The molecule has 2 aromatic carbocycles. The monoisotopic (exact) mass is 681 g/mol. The van der Waals surface area contributed by atoms with Gasteiger partial charge in [0.05, 0.1) is 17.8 Å². The lowest BCUT2D eigenvalue weighted by atomic mass is 9.96. The maximum atomic E-state index is 14.6. The smallest absolute Gasteiger partial charge is 0.222 e. The number of benzene rings is 2. The molecule has 0 saturated heterocycles. The molecule has 12 heteroatoms. The molecule has 0 aliphatic heterocycles. The Morgan fingerprint density at radius 3 is 2.28 bits per heavy atom. The molecule has 0 spiro atoms. The number of hydrogen-bond acceptors (Lipinski definition) is 6. The van der Waals surface area contributed by atoms with Crippen molar-refractivity contribution in [2.24, 2.45) is 5.92 Å². The molecule has 4 aromatic rings. The van der Waals surface area contributed by atoms with Crippen molar-refractivity contribution in [3.63, 3.8) is 0 Å². The summed E-state index contributed by atoms with van der Waals surface area (Å²) in [6.07, 6.45) is 2.55. The minimum absolute atomic E-state index is 0.0395. The molecule has 1 amide bonds. The number of aromatic nitrogens is 4. The van der Waals surface area contributed by atoms with Crippen LogP contribution in [0.3, 0.4) is 0 Å². The van der Waals surface area contributed by atoms with Crippen LogP contribution in [0, 0.1) is 11.7 Å². The van der Waals surface area contributed by atoms with E-state index in [9.17, 15) is 14.3 Å². The van der Waals surface area contributed by atoms with E-state index in [-0.39, 0.29) is 24.3 Å². The van der Waals surface area contributed by atoms with Gasteiger partial charge in [-0.15, -0.1) is 0 Å².